The van der Waals surface area contributed by atoms with Crippen molar-refractivity contribution >= 4 is 38.7 Å². The fourth-order valence-electron chi connectivity index (χ4n) is 2.30. The Labute approximate surface area is 139 Å². The first-order valence-corrected chi connectivity index (χ1v) is 9.99. The van der Waals surface area contributed by atoms with Gasteiger partial charge in [0.15, 0.2) is 15.8 Å². The van der Waals surface area contributed by atoms with Gasteiger partial charge in [-0.1, -0.05) is 11.6 Å². The van der Waals surface area contributed by atoms with Gasteiger partial charge in [-0.3, -0.25) is 4.99 Å². The Hall–Kier alpha value is -0.830. The number of nitrogens with one attached hydrogen (secondary N) is 2. The van der Waals surface area contributed by atoms with Crippen LogP contribution >= 0.6 is 22.9 Å². The van der Waals surface area contributed by atoms with Crippen LogP contribution in [0.15, 0.2) is 17.1 Å². The van der Waals surface area contributed by atoms with Gasteiger partial charge in [-0.25, -0.2) is 8.42 Å². The Morgan fingerprint density at radius 2 is 2.32 bits per heavy atom. The van der Waals surface area contributed by atoms with E-state index in [1.54, 1.807) is 19.2 Å². The van der Waals surface area contributed by atoms with Crippen LogP contribution in [-0.2, 0) is 9.84 Å². The zero-order valence-corrected chi connectivity index (χ0v) is 14.6. The van der Waals surface area contributed by atoms with Crippen molar-refractivity contribution in [1.82, 2.24) is 10.6 Å². The Balaban J connectivity index is 1.76. The molecule has 2 heterocycles. The lowest BCUT2D eigenvalue weighted by Crippen LogP contribution is -2.41. The molecule has 22 heavy (non-hydrogen) atoms. The normalized spacial score (nSPS) is 22.5. The molecule has 0 aliphatic carbocycles. The summed E-state index contributed by atoms with van der Waals surface area (Å²) >= 11 is 7.18. The van der Waals surface area contributed by atoms with Crippen molar-refractivity contribution in [3.63, 3.8) is 0 Å². The predicted molar refractivity (Wildman–Crippen MR) is 90.4 cm³/mol. The molecule has 1 aliphatic heterocycles. The first-order chi connectivity index (χ1) is 10.4. The second kappa shape index (κ2) is 7.63. The minimum absolute atomic E-state index is 0.115. The number of guanidine groups is 1. The first-order valence-electron chi connectivity index (χ1n) is 6.98. The Morgan fingerprint density at radius 1 is 1.55 bits per heavy atom. The first kappa shape index (κ1) is 17.5. The van der Waals surface area contributed by atoms with E-state index in [0.717, 1.165) is 4.88 Å². The van der Waals surface area contributed by atoms with Gasteiger partial charge in [-0.15, -0.1) is 11.3 Å². The molecule has 2 atom stereocenters. The lowest BCUT2D eigenvalue weighted by molar-refractivity contribution is 0.184. The number of hydrogen-bond acceptors (Lipinski definition) is 5. The summed E-state index contributed by atoms with van der Waals surface area (Å²) in [5, 5.41) is 16.2. The third kappa shape index (κ3) is 5.12. The molecule has 1 fully saturated rings. The largest absolute Gasteiger partial charge is 0.386 e. The maximum Gasteiger partial charge on any atom is 0.191 e. The molecular weight excluding hydrogens is 346 g/mol. The number of rotatable bonds is 5. The average Bonchev–Trinajstić information content (AvgIpc) is 3.04. The van der Waals surface area contributed by atoms with E-state index in [1.807, 2.05) is 0 Å². The smallest absolute Gasteiger partial charge is 0.191 e. The van der Waals surface area contributed by atoms with E-state index in [9.17, 15) is 13.5 Å². The van der Waals surface area contributed by atoms with Crippen molar-refractivity contribution in [2.75, 3.05) is 31.6 Å². The number of sulfone groups is 1. The molecule has 9 heteroatoms. The summed E-state index contributed by atoms with van der Waals surface area (Å²) in [6, 6.07) is 3.54. The number of nitrogens with zero attached hydrogens (tertiary/aromatic N) is 1. The van der Waals surface area contributed by atoms with Crippen LogP contribution < -0.4 is 10.6 Å². The lowest BCUT2D eigenvalue weighted by Gasteiger charge is -2.16. The van der Waals surface area contributed by atoms with Gasteiger partial charge in [0.1, 0.15) is 6.10 Å². The van der Waals surface area contributed by atoms with Crippen molar-refractivity contribution in [2.24, 2.45) is 10.9 Å². The van der Waals surface area contributed by atoms with Crippen molar-refractivity contribution in [3.05, 3.63) is 21.3 Å². The van der Waals surface area contributed by atoms with Crippen molar-refractivity contribution in [1.29, 1.82) is 0 Å². The zero-order chi connectivity index (χ0) is 16.2. The van der Waals surface area contributed by atoms with Crippen LogP contribution in [0.4, 0.5) is 0 Å². The Bertz CT molecular complexity index is 630. The quantitative estimate of drug-likeness (QED) is 0.535. The molecular formula is C13H20ClN3O3S2. The average molecular weight is 366 g/mol. The molecule has 0 amide bonds. The number of hydrogen-bond donors (Lipinski definition) is 3. The maximum atomic E-state index is 11.4. The van der Waals surface area contributed by atoms with Gasteiger partial charge >= 0.3 is 0 Å². The molecule has 3 N–H and O–H groups in total. The van der Waals surface area contributed by atoms with Crippen molar-refractivity contribution in [2.45, 2.75) is 12.5 Å². The van der Waals surface area contributed by atoms with E-state index in [4.69, 9.17) is 11.6 Å². The molecule has 124 valence electrons. The van der Waals surface area contributed by atoms with Gasteiger partial charge in [-0.05, 0) is 24.5 Å². The van der Waals surface area contributed by atoms with E-state index < -0.39 is 15.9 Å². The fourth-order valence-corrected chi connectivity index (χ4v) is 5.20. The summed E-state index contributed by atoms with van der Waals surface area (Å²) in [7, 11) is -1.23. The van der Waals surface area contributed by atoms with Gasteiger partial charge in [0, 0.05) is 25.0 Å². The monoisotopic (exact) mass is 365 g/mol. The van der Waals surface area contributed by atoms with Crippen LogP contribution in [-0.4, -0.2) is 51.1 Å². The molecule has 1 saturated heterocycles. The summed E-state index contributed by atoms with van der Waals surface area (Å²) in [5.74, 6) is 1.16. The summed E-state index contributed by atoms with van der Waals surface area (Å²) in [6.07, 6.45) is 0.0192. The van der Waals surface area contributed by atoms with E-state index >= 15 is 0 Å². The third-order valence-electron chi connectivity index (χ3n) is 3.49. The molecule has 1 aromatic heterocycles. The van der Waals surface area contributed by atoms with E-state index in [0.29, 0.717) is 29.8 Å². The molecule has 1 aromatic rings. The third-order valence-corrected chi connectivity index (χ3v) is 6.66. The summed E-state index contributed by atoms with van der Waals surface area (Å²) < 4.78 is 23.5. The minimum Gasteiger partial charge on any atom is -0.386 e. The topological polar surface area (TPSA) is 90.8 Å². The van der Waals surface area contributed by atoms with Gasteiger partial charge in [0.25, 0.3) is 0 Å². The van der Waals surface area contributed by atoms with Gasteiger partial charge < -0.3 is 15.7 Å². The highest BCUT2D eigenvalue weighted by Gasteiger charge is 2.27. The molecule has 2 unspecified atom stereocenters. The van der Waals surface area contributed by atoms with Crippen molar-refractivity contribution in [3.8, 4) is 0 Å². The molecule has 2 rings (SSSR count). The SMILES string of the molecule is CN=C(NCC1CCS(=O)(=O)C1)NCC(O)c1ccc(Cl)s1. The van der Waals surface area contributed by atoms with Crippen LogP contribution in [0.25, 0.3) is 0 Å². The molecule has 0 bridgehead atoms. The van der Waals surface area contributed by atoms with Crippen LogP contribution in [0.1, 0.15) is 17.4 Å². The maximum absolute atomic E-state index is 11.4. The fraction of sp³-hybridized carbons (Fsp3) is 0.615. The summed E-state index contributed by atoms with van der Waals surface area (Å²) in [6.45, 7) is 0.860. The van der Waals surface area contributed by atoms with E-state index in [-0.39, 0.29) is 17.4 Å². The van der Waals surface area contributed by atoms with E-state index in [2.05, 4.69) is 15.6 Å². The summed E-state index contributed by atoms with van der Waals surface area (Å²) in [5.41, 5.74) is 0. The Morgan fingerprint density at radius 3 is 2.86 bits per heavy atom. The number of thiophene rings is 1. The second-order valence-corrected chi connectivity index (χ2v) is 9.24. The minimum atomic E-state index is -2.86. The van der Waals surface area contributed by atoms with Gasteiger partial charge in [0.05, 0.1) is 15.8 Å². The number of aliphatic hydroxyl groups is 1. The predicted octanol–water partition coefficient (Wildman–Crippen LogP) is 1.03. The highest BCUT2D eigenvalue weighted by atomic mass is 35.5. The number of aliphatic hydroxyl groups excluding tert-OH is 1. The number of aliphatic imine (C=N–C) groups is 1. The number of halogens is 1. The van der Waals surface area contributed by atoms with Gasteiger partial charge in [0.2, 0.25) is 0 Å². The standard InChI is InChI=1S/C13H20ClN3O3S2/c1-15-13(16-6-9-4-5-22(19,20)8-9)17-7-10(18)11-2-3-12(14)21-11/h2-3,9-10,18H,4-8H2,1H3,(H2,15,16,17). The van der Waals surface area contributed by atoms with Crippen LogP contribution in [0.2, 0.25) is 4.34 Å². The van der Waals surface area contributed by atoms with Crippen molar-refractivity contribution < 1.29 is 13.5 Å². The molecule has 1 aliphatic rings. The van der Waals surface area contributed by atoms with Crippen LogP contribution in [0, 0.1) is 5.92 Å². The zero-order valence-electron chi connectivity index (χ0n) is 12.3. The molecule has 0 saturated carbocycles. The van der Waals surface area contributed by atoms with Gasteiger partial charge in [-0.2, -0.15) is 0 Å². The van der Waals surface area contributed by atoms with Crippen LogP contribution in [0.3, 0.4) is 0 Å². The molecule has 0 spiro atoms. The highest BCUT2D eigenvalue weighted by Crippen LogP contribution is 2.26. The lowest BCUT2D eigenvalue weighted by atomic mass is 10.1. The second-order valence-electron chi connectivity index (χ2n) is 5.26. The molecule has 6 nitrogen and oxygen atoms in total. The Kier molecular flexibility index (Phi) is 6.08. The summed E-state index contributed by atoms with van der Waals surface area (Å²) in [4.78, 5) is 4.85. The highest BCUT2D eigenvalue weighted by molar-refractivity contribution is 7.91. The van der Waals surface area contributed by atoms with Crippen LogP contribution in [0.5, 0.6) is 0 Å². The molecule has 0 radical (unpaired) electrons. The van der Waals surface area contributed by atoms with E-state index in [1.165, 1.54) is 11.3 Å². The molecule has 0 aromatic carbocycles.